The minimum atomic E-state index is -0.208. The summed E-state index contributed by atoms with van der Waals surface area (Å²) in [7, 11) is 1.51. The number of allylic oxidation sites excluding steroid dienone is 5. The second-order valence-electron chi connectivity index (χ2n) is 15.2. The summed E-state index contributed by atoms with van der Waals surface area (Å²) in [6, 6.07) is 16.4. The molecule has 5 aromatic rings. The lowest BCUT2D eigenvalue weighted by atomic mass is 9.72. The van der Waals surface area contributed by atoms with E-state index in [1.807, 2.05) is 0 Å². The van der Waals surface area contributed by atoms with Crippen molar-refractivity contribution in [3.8, 4) is 0 Å². The summed E-state index contributed by atoms with van der Waals surface area (Å²) in [5.41, 5.74) is 19.6. The monoisotopic (exact) mass is 592 g/mol. The highest BCUT2D eigenvalue weighted by Crippen LogP contribution is 2.89. The molecule has 7 aliphatic rings. The molecule has 1 saturated carbocycles. The van der Waals surface area contributed by atoms with Crippen LogP contribution < -0.4 is 0 Å². The zero-order valence-electron chi connectivity index (χ0n) is 26.4. The van der Waals surface area contributed by atoms with E-state index in [0.717, 1.165) is 25.7 Å². The third kappa shape index (κ3) is 2.09. The van der Waals surface area contributed by atoms with Gasteiger partial charge in [-0.05, 0) is 143 Å². The maximum atomic E-state index is 12.5. The third-order valence-electron chi connectivity index (χ3n) is 13.8. The topological polar surface area (TPSA) is 26.3 Å². The molecule has 7 aliphatic carbocycles. The summed E-state index contributed by atoms with van der Waals surface area (Å²) in [4.78, 5) is 12.5. The van der Waals surface area contributed by atoms with Crippen molar-refractivity contribution in [2.75, 3.05) is 7.11 Å². The number of carbonyl (C=O) groups is 1. The van der Waals surface area contributed by atoms with Crippen molar-refractivity contribution >= 4 is 61.1 Å². The molecule has 220 valence electrons. The Morgan fingerprint density at radius 2 is 1.61 bits per heavy atom. The normalized spacial score (nSPS) is 26.8. The number of benzene rings is 5. The van der Waals surface area contributed by atoms with Gasteiger partial charge in [0.25, 0.3) is 0 Å². The van der Waals surface area contributed by atoms with Gasteiger partial charge in [-0.15, -0.1) is 0 Å². The molecule has 1 spiro atoms. The number of hydrogen-bond acceptors (Lipinski definition) is 2. The Morgan fingerprint density at radius 3 is 2.43 bits per heavy atom. The molecular formula is C44H32O2. The molecule has 46 heavy (non-hydrogen) atoms. The molecule has 0 aliphatic heterocycles. The molecule has 2 bridgehead atoms. The molecule has 5 aromatic carbocycles. The van der Waals surface area contributed by atoms with Crippen LogP contribution in [-0.2, 0) is 33.2 Å². The van der Waals surface area contributed by atoms with Crippen molar-refractivity contribution < 1.29 is 9.53 Å². The van der Waals surface area contributed by atoms with E-state index in [4.69, 9.17) is 11.3 Å². The summed E-state index contributed by atoms with van der Waals surface area (Å²) in [5.74, 6) is -0.116. The average molecular weight is 593 g/mol. The smallest absolute Gasteiger partial charge is 0.305 e. The minimum Gasteiger partial charge on any atom is -0.469 e. The van der Waals surface area contributed by atoms with E-state index in [0.29, 0.717) is 6.42 Å². The van der Waals surface area contributed by atoms with Crippen LogP contribution in [0.2, 0.25) is 0 Å². The van der Waals surface area contributed by atoms with E-state index in [9.17, 15) is 4.79 Å². The van der Waals surface area contributed by atoms with Crippen LogP contribution in [0.4, 0.5) is 0 Å². The summed E-state index contributed by atoms with van der Waals surface area (Å²) < 4.78 is 5.16. The first-order valence-electron chi connectivity index (χ1n) is 16.9. The van der Waals surface area contributed by atoms with E-state index < -0.39 is 0 Å². The number of ether oxygens (including phenoxy) is 1. The lowest BCUT2D eigenvalue weighted by Crippen LogP contribution is -2.25. The maximum Gasteiger partial charge on any atom is 0.305 e. The molecule has 2 heteroatoms. The second-order valence-corrected chi connectivity index (χ2v) is 15.2. The van der Waals surface area contributed by atoms with Crippen molar-refractivity contribution in [1.82, 2.24) is 0 Å². The van der Waals surface area contributed by atoms with Crippen LogP contribution in [0.5, 0.6) is 0 Å². The highest BCUT2D eigenvalue weighted by Gasteiger charge is 2.87. The van der Waals surface area contributed by atoms with Gasteiger partial charge >= 0.3 is 5.97 Å². The number of esters is 1. The Labute approximate surface area is 267 Å². The standard InChI is InChI=1S/C44H32O2/c1-21-16-25-18-24-11-8-10-23-17-26-19-27-20-42(3)43(15-9-14-29(45)46-4,28-12-6-5-7-13-28)44(42)40(21)38-33(25)32(24)31-22(2)30(23)36-34(26)35(27)41(44)39(38)37(31)36/h5-8,10-13,16-17,20H,2,9,14-15,18-19H2,1,3-4H3. The molecule has 12 rings (SSSR count). The molecule has 0 heterocycles. The Kier molecular flexibility index (Phi) is 3.82. The molecular weight excluding hydrogens is 560 g/mol. The molecule has 0 amide bonds. The lowest BCUT2D eigenvalue weighted by molar-refractivity contribution is -0.140. The number of carbonyl (C=O) groups excluding carboxylic acids is 1. The maximum absolute atomic E-state index is 12.5. The molecule has 0 aromatic heterocycles. The number of rotatable bonds is 5. The van der Waals surface area contributed by atoms with Gasteiger partial charge in [0.05, 0.1) is 7.11 Å². The first-order chi connectivity index (χ1) is 22.4. The first-order valence-corrected chi connectivity index (χ1v) is 16.9. The Morgan fingerprint density at radius 1 is 0.870 bits per heavy atom. The van der Waals surface area contributed by atoms with Crippen molar-refractivity contribution in [2.45, 2.75) is 56.8 Å². The largest absolute Gasteiger partial charge is 0.469 e. The van der Waals surface area contributed by atoms with Gasteiger partial charge in [-0.1, -0.05) is 80.3 Å². The van der Waals surface area contributed by atoms with Gasteiger partial charge in [-0.25, -0.2) is 0 Å². The molecule has 1 fully saturated rings. The predicted molar refractivity (Wildman–Crippen MR) is 187 cm³/mol. The van der Waals surface area contributed by atoms with E-state index in [2.05, 4.69) is 80.6 Å². The Bertz CT molecular complexity index is 2590. The van der Waals surface area contributed by atoms with Crippen LogP contribution in [0.3, 0.4) is 0 Å². The van der Waals surface area contributed by atoms with Crippen LogP contribution in [-0.4, -0.2) is 13.1 Å². The van der Waals surface area contributed by atoms with E-state index in [-0.39, 0.29) is 22.2 Å². The van der Waals surface area contributed by atoms with Gasteiger partial charge in [0.15, 0.2) is 0 Å². The van der Waals surface area contributed by atoms with Crippen molar-refractivity contribution in [2.24, 2.45) is 5.41 Å². The van der Waals surface area contributed by atoms with Gasteiger partial charge in [0.1, 0.15) is 0 Å². The zero-order chi connectivity index (χ0) is 30.6. The highest BCUT2D eigenvalue weighted by atomic mass is 16.5. The average Bonchev–Trinajstić information content (AvgIpc) is 3.58. The Hall–Kier alpha value is -4.69. The summed E-state index contributed by atoms with van der Waals surface area (Å²) >= 11 is 0. The minimum absolute atomic E-state index is 0.116. The zero-order valence-corrected chi connectivity index (χ0v) is 26.4. The summed E-state index contributed by atoms with van der Waals surface area (Å²) in [6.07, 6.45) is 13.9. The van der Waals surface area contributed by atoms with Crippen LogP contribution >= 0.6 is 0 Å². The fourth-order valence-corrected chi connectivity index (χ4v) is 12.7. The van der Waals surface area contributed by atoms with Crippen LogP contribution in [0.25, 0.3) is 55.1 Å². The Balaban J connectivity index is 1.34. The fraction of sp³-hybridized carbons (Fsp3) is 0.250. The third-order valence-corrected chi connectivity index (χ3v) is 13.8. The quantitative estimate of drug-likeness (QED) is 0.147. The highest BCUT2D eigenvalue weighted by molar-refractivity contribution is 6.38. The second kappa shape index (κ2) is 7.15. The predicted octanol–water partition coefficient (Wildman–Crippen LogP) is 9.65. The summed E-state index contributed by atoms with van der Waals surface area (Å²) in [5, 5.41) is 8.97. The summed E-state index contributed by atoms with van der Waals surface area (Å²) in [6.45, 7) is 9.84. The van der Waals surface area contributed by atoms with Crippen molar-refractivity contribution in [1.29, 1.82) is 0 Å². The van der Waals surface area contributed by atoms with E-state index in [1.54, 1.807) is 11.1 Å². The van der Waals surface area contributed by atoms with Gasteiger partial charge in [0.2, 0.25) is 0 Å². The van der Waals surface area contributed by atoms with Crippen molar-refractivity contribution in [3.63, 3.8) is 0 Å². The first kappa shape index (κ1) is 24.5. The SMILES string of the molecule is C=C1c2c3cc4c5c6c7c8c9c(c(C)cc%10c9c(c1c8c25)C(=CC=C3)C%10)C71C(C)(C=C6C4)C1(CCCC(=O)OC)c1ccccc1. The van der Waals surface area contributed by atoms with Crippen LogP contribution in [0.1, 0.15) is 87.4 Å². The van der Waals surface area contributed by atoms with Crippen molar-refractivity contribution in [3.05, 3.63) is 128 Å². The van der Waals surface area contributed by atoms with Gasteiger partial charge in [-0.3, -0.25) is 4.79 Å². The number of aryl methyl sites for hydroxylation is 1. The molecule has 2 nitrogen and oxygen atoms in total. The van der Waals surface area contributed by atoms with Gasteiger partial charge in [0, 0.05) is 22.7 Å². The van der Waals surface area contributed by atoms with E-state index >= 15 is 0 Å². The molecule has 0 N–H and O–H groups in total. The van der Waals surface area contributed by atoms with Crippen LogP contribution in [0.15, 0.2) is 67.3 Å². The number of hydrogen-bond donors (Lipinski definition) is 0. The van der Waals surface area contributed by atoms with Gasteiger partial charge in [-0.2, -0.15) is 0 Å². The lowest BCUT2D eigenvalue weighted by Gasteiger charge is -2.29. The van der Waals surface area contributed by atoms with Crippen LogP contribution in [0, 0.1) is 12.3 Å². The molecule has 0 saturated heterocycles. The fourth-order valence-electron chi connectivity index (χ4n) is 12.7. The van der Waals surface area contributed by atoms with Gasteiger partial charge < -0.3 is 4.74 Å². The molecule has 3 unspecified atom stereocenters. The molecule has 3 atom stereocenters. The number of methoxy groups -OCH3 is 1. The molecule has 0 radical (unpaired) electrons. The van der Waals surface area contributed by atoms with E-state index in [1.165, 1.54) is 106 Å².